The highest BCUT2D eigenvalue weighted by atomic mass is 35.5. The molecule has 3 aromatic carbocycles. The summed E-state index contributed by atoms with van der Waals surface area (Å²) < 4.78 is 29.0. The van der Waals surface area contributed by atoms with Crippen molar-refractivity contribution in [2.75, 3.05) is 4.31 Å². The molecular weight excluding hydrogens is 486 g/mol. The lowest BCUT2D eigenvalue weighted by molar-refractivity contribution is 0.0696. The first-order valence-corrected chi connectivity index (χ1v) is 12.5. The number of hydrogen-bond donors (Lipinski definition) is 2. The highest BCUT2D eigenvalue weighted by Crippen LogP contribution is 2.32. The van der Waals surface area contributed by atoms with Crippen LogP contribution in [-0.4, -0.2) is 29.5 Å². The SMILES string of the molecule is Cc1c(N(Cc2cc3ccc(Cl)cc3[nH]2)S(=O)(=O)c2ccc(C(=O)O)cc2)ncc2ccccc12. The molecule has 0 saturated carbocycles. The Kier molecular flexibility index (Phi) is 5.70. The van der Waals surface area contributed by atoms with Crippen LogP contribution in [0.5, 0.6) is 0 Å². The van der Waals surface area contributed by atoms with Gasteiger partial charge in [0.05, 0.1) is 17.0 Å². The van der Waals surface area contributed by atoms with Crippen LogP contribution in [0.2, 0.25) is 5.02 Å². The Balaban J connectivity index is 1.66. The molecule has 0 aliphatic rings. The molecule has 9 heteroatoms. The Morgan fingerprint density at radius 3 is 2.51 bits per heavy atom. The minimum absolute atomic E-state index is 0.00278. The van der Waals surface area contributed by atoms with E-state index in [1.54, 1.807) is 18.3 Å². The predicted molar refractivity (Wildman–Crippen MR) is 137 cm³/mol. The molecule has 0 bridgehead atoms. The third-order valence-electron chi connectivity index (χ3n) is 5.91. The van der Waals surface area contributed by atoms with Crippen LogP contribution in [-0.2, 0) is 16.6 Å². The van der Waals surface area contributed by atoms with E-state index in [2.05, 4.69) is 9.97 Å². The molecule has 2 N–H and O–H groups in total. The van der Waals surface area contributed by atoms with Gasteiger partial charge in [-0.05, 0) is 60.2 Å². The number of nitrogens with zero attached hydrogens (tertiary/aromatic N) is 2. The van der Waals surface area contributed by atoms with Crippen molar-refractivity contribution in [3.8, 4) is 0 Å². The zero-order valence-corrected chi connectivity index (χ0v) is 20.1. The number of aromatic amines is 1. The molecule has 7 nitrogen and oxygen atoms in total. The summed E-state index contributed by atoms with van der Waals surface area (Å²) in [5, 5.41) is 12.5. The number of carboxylic acids is 1. The zero-order chi connectivity index (χ0) is 24.7. The van der Waals surface area contributed by atoms with Gasteiger partial charge in [-0.3, -0.25) is 0 Å². The van der Waals surface area contributed by atoms with Crippen molar-refractivity contribution in [1.29, 1.82) is 0 Å². The smallest absolute Gasteiger partial charge is 0.335 e. The minimum atomic E-state index is -4.10. The summed E-state index contributed by atoms with van der Waals surface area (Å²) in [7, 11) is -4.10. The second-order valence-electron chi connectivity index (χ2n) is 8.16. The quantitative estimate of drug-likeness (QED) is 0.305. The van der Waals surface area contributed by atoms with Crippen LogP contribution < -0.4 is 4.31 Å². The van der Waals surface area contributed by atoms with Gasteiger partial charge in [-0.15, -0.1) is 0 Å². The zero-order valence-electron chi connectivity index (χ0n) is 18.6. The van der Waals surface area contributed by atoms with Gasteiger partial charge in [0.15, 0.2) is 0 Å². The fourth-order valence-corrected chi connectivity index (χ4v) is 5.75. The monoisotopic (exact) mass is 505 g/mol. The summed E-state index contributed by atoms with van der Waals surface area (Å²) in [5.74, 6) is -0.836. The Morgan fingerprint density at radius 1 is 1.03 bits per heavy atom. The Bertz CT molecular complexity index is 1700. The Hall–Kier alpha value is -3.88. The summed E-state index contributed by atoms with van der Waals surface area (Å²) in [5.41, 5.74) is 2.16. The third-order valence-corrected chi connectivity index (χ3v) is 7.89. The number of rotatable bonds is 6. The number of aromatic carboxylic acids is 1. The second kappa shape index (κ2) is 8.72. The van der Waals surface area contributed by atoms with Gasteiger partial charge in [0.2, 0.25) is 0 Å². The number of aromatic nitrogens is 2. The first-order valence-electron chi connectivity index (χ1n) is 10.7. The van der Waals surface area contributed by atoms with Crippen molar-refractivity contribution in [2.24, 2.45) is 0 Å². The van der Waals surface area contributed by atoms with Crippen molar-refractivity contribution in [3.63, 3.8) is 0 Å². The van der Waals surface area contributed by atoms with Crippen LogP contribution >= 0.6 is 11.6 Å². The van der Waals surface area contributed by atoms with Gasteiger partial charge in [-0.1, -0.05) is 41.9 Å². The van der Waals surface area contributed by atoms with Gasteiger partial charge in [0.1, 0.15) is 5.82 Å². The molecule has 5 rings (SSSR count). The van der Waals surface area contributed by atoms with Crippen LogP contribution in [0.1, 0.15) is 21.6 Å². The minimum Gasteiger partial charge on any atom is -0.478 e. The number of aryl methyl sites for hydroxylation is 1. The van der Waals surface area contributed by atoms with Crippen LogP contribution in [0.15, 0.2) is 83.9 Å². The van der Waals surface area contributed by atoms with Crippen molar-refractivity contribution >= 4 is 55.1 Å². The molecule has 0 atom stereocenters. The number of fused-ring (bicyclic) bond motifs is 2. The molecule has 35 heavy (non-hydrogen) atoms. The standard InChI is InChI=1S/C26H20ClN3O4S/c1-16-23-5-3-2-4-19(23)14-28-25(16)30(15-21-12-18-6-9-20(27)13-24(18)29-21)35(33,34)22-10-7-17(8-11-22)26(31)32/h2-14,29H,15H2,1H3,(H,31,32). The molecule has 0 aliphatic carbocycles. The van der Waals surface area contributed by atoms with Gasteiger partial charge >= 0.3 is 5.97 Å². The lowest BCUT2D eigenvalue weighted by Crippen LogP contribution is -2.32. The van der Waals surface area contributed by atoms with Gasteiger partial charge in [-0.2, -0.15) is 0 Å². The maximum absolute atomic E-state index is 13.9. The van der Waals surface area contributed by atoms with E-state index in [9.17, 15) is 18.3 Å². The van der Waals surface area contributed by atoms with E-state index in [-0.39, 0.29) is 17.0 Å². The number of carbonyl (C=O) groups is 1. The topological polar surface area (TPSA) is 103 Å². The predicted octanol–water partition coefficient (Wildman–Crippen LogP) is 5.77. The fraction of sp³-hybridized carbons (Fsp3) is 0.0769. The van der Waals surface area contributed by atoms with Crippen molar-refractivity contribution < 1.29 is 18.3 Å². The number of benzene rings is 3. The summed E-state index contributed by atoms with van der Waals surface area (Å²) >= 11 is 6.12. The largest absolute Gasteiger partial charge is 0.478 e. The van der Waals surface area contributed by atoms with Gasteiger partial charge in [0, 0.05) is 33.4 Å². The maximum Gasteiger partial charge on any atom is 0.335 e. The van der Waals surface area contributed by atoms with Crippen molar-refractivity contribution in [1.82, 2.24) is 9.97 Å². The molecule has 0 spiro atoms. The molecule has 0 radical (unpaired) electrons. The van der Waals surface area contributed by atoms with Crippen molar-refractivity contribution in [2.45, 2.75) is 18.4 Å². The lowest BCUT2D eigenvalue weighted by atomic mass is 10.1. The average Bonchev–Trinajstić information content (AvgIpc) is 3.25. The summed E-state index contributed by atoms with van der Waals surface area (Å²) in [4.78, 5) is 19.0. The Morgan fingerprint density at radius 2 is 1.77 bits per heavy atom. The van der Waals surface area contributed by atoms with E-state index >= 15 is 0 Å². The molecule has 5 aromatic rings. The molecule has 2 aromatic heterocycles. The lowest BCUT2D eigenvalue weighted by Gasteiger charge is -2.25. The van der Waals surface area contributed by atoms with E-state index in [0.717, 1.165) is 21.7 Å². The number of anilines is 1. The van der Waals surface area contributed by atoms with Crippen LogP contribution in [0.25, 0.3) is 21.7 Å². The first-order chi connectivity index (χ1) is 16.7. The Labute approximate surface area is 206 Å². The molecule has 0 saturated heterocycles. The highest BCUT2D eigenvalue weighted by molar-refractivity contribution is 7.92. The van der Waals surface area contributed by atoms with E-state index in [4.69, 9.17) is 11.6 Å². The average molecular weight is 506 g/mol. The number of H-pyrrole nitrogens is 1. The van der Waals surface area contributed by atoms with Crippen LogP contribution in [0.3, 0.4) is 0 Å². The molecule has 0 amide bonds. The molecule has 0 aliphatic heterocycles. The number of sulfonamides is 1. The van der Waals surface area contributed by atoms with Crippen molar-refractivity contribution in [3.05, 3.63) is 101 Å². The van der Waals surface area contributed by atoms with E-state index < -0.39 is 16.0 Å². The van der Waals surface area contributed by atoms with Gasteiger partial charge in [-0.25, -0.2) is 22.5 Å². The number of halogens is 1. The van der Waals surface area contributed by atoms with Crippen LogP contribution in [0, 0.1) is 6.92 Å². The molecule has 0 unspecified atom stereocenters. The summed E-state index contributed by atoms with van der Waals surface area (Å²) in [6.45, 7) is 1.83. The molecule has 2 heterocycles. The van der Waals surface area contributed by atoms with Crippen LogP contribution in [0.4, 0.5) is 5.82 Å². The number of carboxylic acid groups (broad SMARTS) is 1. The molecule has 0 fully saturated rings. The number of nitrogens with one attached hydrogen (secondary N) is 1. The maximum atomic E-state index is 13.9. The van der Waals surface area contributed by atoms with E-state index in [1.165, 1.54) is 28.6 Å². The van der Waals surface area contributed by atoms with Gasteiger partial charge < -0.3 is 10.1 Å². The summed E-state index contributed by atoms with van der Waals surface area (Å²) in [6.07, 6.45) is 1.65. The number of hydrogen-bond acceptors (Lipinski definition) is 4. The van der Waals surface area contributed by atoms with E-state index in [0.29, 0.717) is 22.1 Å². The van der Waals surface area contributed by atoms with E-state index in [1.807, 2.05) is 43.3 Å². The molecular formula is C26H20ClN3O4S. The number of pyridine rings is 1. The van der Waals surface area contributed by atoms with Gasteiger partial charge in [0.25, 0.3) is 10.0 Å². The third kappa shape index (κ3) is 4.22. The fourth-order valence-electron chi connectivity index (χ4n) is 4.12. The second-order valence-corrected chi connectivity index (χ2v) is 10.5. The molecule has 176 valence electrons. The summed E-state index contributed by atoms with van der Waals surface area (Å²) in [6, 6.07) is 20.1. The normalized spacial score (nSPS) is 11.7. The highest BCUT2D eigenvalue weighted by Gasteiger charge is 2.29. The first kappa shape index (κ1) is 22.9.